The summed E-state index contributed by atoms with van der Waals surface area (Å²) in [6.45, 7) is 1.95. The summed E-state index contributed by atoms with van der Waals surface area (Å²) < 4.78 is 17.0. The molecule has 0 aliphatic heterocycles. The summed E-state index contributed by atoms with van der Waals surface area (Å²) in [5.74, 6) is 2.72. The predicted octanol–water partition coefficient (Wildman–Crippen LogP) is 6.67. The van der Waals surface area contributed by atoms with E-state index in [1.165, 1.54) is 0 Å². The summed E-state index contributed by atoms with van der Waals surface area (Å²) in [7, 11) is 3.18. The Hall–Kier alpha value is -5.11. The quantitative estimate of drug-likeness (QED) is 0.224. The van der Waals surface area contributed by atoms with E-state index in [2.05, 4.69) is 20.6 Å². The minimum absolute atomic E-state index is 0.145. The summed E-state index contributed by atoms with van der Waals surface area (Å²) in [5.41, 5.74) is 2.97. The van der Waals surface area contributed by atoms with E-state index in [1.54, 1.807) is 44.8 Å². The maximum absolute atomic E-state index is 13.1. The van der Waals surface area contributed by atoms with Crippen LogP contribution in [0.5, 0.6) is 23.0 Å². The number of hydrogen-bond donors (Lipinski definition) is 2. The van der Waals surface area contributed by atoms with Crippen molar-refractivity contribution in [1.29, 1.82) is 0 Å². The predicted molar refractivity (Wildman–Crippen MR) is 151 cm³/mol. The fraction of sp³-hybridized carbons (Fsp3) is 0.129. The Kier molecular flexibility index (Phi) is 7.54. The molecule has 2 heterocycles. The second kappa shape index (κ2) is 11.5. The number of nitrogens with one attached hydrogen (secondary N) is 2. The Morgan fingerprint density at radius 1 is 0.795 bits per heavy atom. The third kappa shape index (κ3) is 5.75. The van der Waals surface area contributed by atoms with E-state index < -0.39 is 0 Å². The van der Waals surface area contributed by atoms with Crippen LogP contribution in [-0.4, -0.2) is 30.1 Å². The molecule has 1 amide bonds. The highest BCUT2D eigenvalue weighted by molar-refractivity contribution is 5.99. The van der Waals surface area contributed by atoms with Crippen molar-refractivity contribution in [3.8, 4) is 23.0 Å². The smallest absolute Gasteiger partial charge is 0.255 e. The van der Waals surface area contributed by atoms with Gasteiger partial charge in [-0.05, 0) is 61.0 Å². The molecule has 5 aromatic rings. The highest BCUT2D eigenvalue weighted by Crippen LogP contribution is 2.37. The van der Waals surface area contributed by atoms with Crippen LogP contribution in [0.2, 0.25) is 0 Å². The van der Waals surface area contributed by atoms with Gasteiger partial charge in [0.05, 0.1) is 31.3 Å². The Balaban J connectivity index is 1.31. The third-order valence-corrected chi connectivity index (χ3v) is 6.25. The minimum Gasteiger partial charge on any atom is -0.493 e. The second-order valence-electron chi connectivity index (χ2n) is 8.79. The first-order valence-electron chi connectivity index (χ1n) is 12.4. The fourth-order valence-electron chi connectivity index (χ4n) is 4.19. The molecule has 1 atom stereocenters. The minimum atomic E-state index is -0.210. The number of methoxy groups -OCH3 is 2. The van der Waals surface area contributed by atoms with Crippen molar-refractivity contribution in [1.82, 2.24) is 15.3 Å². The van der Waals surface area contributed by atoms with Gasteiger partial charge in [0.1, 0.15) is 17.3 Å². The maximum Gasteiger partial charge on any atom is 0.255 e. The van der Waals surface area contributed by atoms with Crippen molar-refractivity contribution in [3.63, 3.8) is 0 Å². The lowest BCUT2D eigenvalue weighted by molar-refractivity contribution is 0.0940. The van der Waals surface area contributed by atoms with Crippen LogP contribution in [0.25, 0.3) is 10.9 Å². The normalized spacial score (nSPS) is 11.5. The lowest BCUT2D eigenvalue weighted by Crippen LogP contribution is -2.27. The van der Waals surface area contributed by atoms with Gasteiger partial charge in [-0.2, -0.15) is 0 Å². The largest absolute Gasteiger partial charge is 0.493 e. The van der Waals surface area contributed by atoms with Gasteiger partial charge in [-0.25, -0.2) is 4.98 Å². The van der Waals surface area contributed by atoms with Crippen molar-refractivity contribution >= 4 is 28.3 Å². The summed E-state index contributed by atoms with van der Waals surface area (Å²) in [6, 6.07) is 26.1. The van der Waals surface area contributed by atoms with Crippen molar-refractivity contribution in [3.05, 3.63) is 108 Å². The molecule has 0 spiro atoms. The summed E-state index contributed by atoms with van der Waals surface area (Å²) in [4.78, 5) is 21.9. The van der Waals surface area contributed by atoms with E-state index in [1.807, 2.05) is 73.7 Å². The van der Waals surface area contributed by atoms with Gasteiger partial charge in [-0.15, -0.1) is 0 Å². The molecule has 196 valence electrons. The molecule has 39 heavy (non-hydrogen) atoms. The van der Waals surface area contributed by atoms with Gasteiger partial charge in [0, 0.05) is 29.5 Å². The van der Waals surface area contributed by atoms with Crippen molar-refractivity contribution < 1.29 is 19.0 Å². The van der Waals surface area contributed by atoms with Gasteiger partial charge in [-0.3, -0.25) is 9.78 Å². The topological polar surface area (TPSA) is 94.6 Å². The number of rotatable bonds is 9. The number of carbonyl (C=O) groups excluding carboxylic acids is 1. The van der Waals surface area contributed by atoms with E-state index >= 15 is 0 Å². The van der Waals surface area contributed by atoms with Crippen LogP contribution in [0.4, 0.5) is 11.5 Å². The van der Waals surface area contributed by atoms with Crippen LogP contribution in [-0.2, 0) is 0 Å². The molecule has 0 bridgehead atoms. The van der Waals surface area contributed by atoms with E-state index in [4.69, 9.17) is 14.2 Å². The molecule has 3 aromatic carbocycles. The Morgan fingerprint density at radius 3 is 2.28 bits per heavy atom. The van der Waals surface area contributed by atoms with Crippen LogP contribution in [0.3, 0.4) is 0 Å². The molecule has 5 rings (SSSR count). The van der Waals surface area contributed by atoms with Gasteiger partial charge < -0.3 is 24.8 Å². The molecule has 1 unspecified atom stereocenters. The number of hydrogen-bond acceptors (Lipinski definition) is 7. The SMILES string of the molecule is COc1cc2nccc(Oc3ccc(Nc4ncccc4C(=O)NC(C)c4ccccc4)cc3)c2cc1OC. The zero-order valence-corrected chi connectivity index (χ0v) is 21.8. The van der Waals surface area contributed by atoms with Gasteiger partial charge in [0.15, 0.2) is 11.5 Å². The van der Waals surface area contributed by atoms with Gasteiger partial charge in [-0.1, -0.05) is 30.3 Å². The van der Waals surface area contributed by atoms with Crippen molar-refractivity contribution in [2.75, 3.05) is 19.5 Å². The number of anilines is 2. The summed E-state index contributed by atoms with van der Waals surface area (Å²) in [5, 5.41) is 7.09. The molecular formula is C31H28N4O4. The number of carbonyl (C=O) groups is 1. The highest BCUT2D eigenvalue weighted by atomic mass is 16.5. The lowest BCUT2D eigenvalue weighted by atomic mass is 10.1. The van der Waals surface area contributed by atoms with Crippen LogP contribution in [0.1, 0.15) is 28.9 Å². The first-order valence-corrected chi connectivity index (χ1v) is 12.4. The summed E-state index contributed by atoms with van der Waals surface area (Å²) >= 11 is 0. The first-order chi connectivity index (χ1) is 19.1. The lowest BCUT2D eigenvalue weighted by Gasteiger charge is -2.16. The first kappa shape index (κ1) is 25.5. The molecule has 0 saturated heterocycles. The molecule has 0 aliphatic carbocycles. The molecule has 0 fully saturated rings. The van der Waals surface area contributed by atoms with Gasteiger partial charge in [0.2, 0.25) is 0 Å². The molecule has 2 N–H and O–H groups in total. The molecular weight excluding hydrogens is 492 g/mol. The number of fused-ring (bicyclic) bond motifs is 1. The van der Waals surface area contributed by atoms with Gasteiger partial charge in [0.25, 0.3) is 5.91 Å². The molecule has 0 radical (unpaired) electrons. The van der Waals surface area contributed by atoms with Crippen molar-refractivity contribution in [2.24, 2.45) is 0 Å². The average molecular weight is 521 g/mol. The van der Waals surface area contributed by atoms with Crippen LogP contribution < -0.4 is 24.8 Å². The number of aromatic nitrogens is 2. The Morgan fingerprint density at radius 2 is 1.54 bits per heavy atom. The monoisotopic (exact) mass is 520 g/mol. The van der Waals surface area contributed by atoms with Crippen LogP contribution >= 0.6 is 0 Å². The van der Waals surface area contributed by atoms with Gasteiger partial charge >= 0.3 is 0 Å². The molecule has 0 aliphatic rings. The number of pyridine rings is 2. The second-order valence-corrected chi connectivity index (χ2v) is 8.79. The molecule has 2 aromatic heterocycles. The Labute approximate surface area is 226 Å². The fourth-order valence-corrected chi connectivity index (χ4v) is 4.19. The Bertz CT molecular complexity index is 1590. The van der Waals surface area contributed by atoms with Crippen molar-refractivity contribution in [2.45, 2.75) is 13.0 Å². The van der Waals surface area contributed by atoms with Crippen LogP contribution in [0.15, 0.2) is 97.3 Å². The summed E-state index contributed by atoms with van der Waals surface area (Å²) in [6.07, 6.45) is 3.33. The average Bonchev–Trinajstić information content (AvgIpc) is 2.98. The van der Waals surface area contributed by atoms with E-state index in [-0.39, 0.29) is 11.9 Å². The molecule has 8 nitrogen and oxygen atoms in total. The number of amides is 1. The van der Waals surface area contributed by atoms with Crippen LogP contribution in [0, 0.1) is 0 Å². The number of benzene rings is 3. The molecule has 8 heteroatoms. The van der Waals surface area contributed by atoms with E-state index in [0.717, 1.165) is 22.2 Å². The number of nitrogens with zero attached hydrogens (tertiary/aromatic N) is 2. The zero-order valence-electron chi connectivity index (χ0n) is 21.8. The maximum atomic E-state index is 13.1. The standard InChI is InChI=1S/C31H28N4O4/c1-20(21-8-5-4-6-9-21)34-31(36)24-10-7-16-33-30(24)35-22-11-13-23(14-12-22)39-27-15-17-32-26-19-29(38-3)28(37-2)18-25(26)27/h4-20H,1-3H3,(H,33,35)(H,34,36). The number of ether oxygens (including phenoxy) is 3. The molecule has 0 saturated carbocycles. The zero-order chi connectivity index (χ0) is 27.2. The third-order valence-electron chi connectivity index (χ3n) is 6.25. The van der Waals surface area contributed by atoms with E-state index in [0.29, 0.717) is 34.4 Å². The van der Waals surface area contributed by atoms with E-state index in [9.17, 15) is 4.79 Å². The highest BCUT2D eigenvalue weighted by Gasteiger charge is 2.16.